The van der Waals surface area contributed by atoms with Crippen LogP contribution in [0.25, 0.3) is 10.6 Å². The second kappa shape index (κ2) is 4.64. The van der Waals surface area contributed by atoms with Gasteiger partial charge >= 0.3 is 0 Å². The first kappa shape index (κ1) is 10.5. The van der Waals surface area contributed by atoms with Crippen molar-refractivity contribution in [1.82, 2.24) is 4.98 Å². The first-order chi connectivity index (χ1) is 7.29. The summed E-state index contributed by atoms with van der Waals surface area (Å²) in [5.74, 6) is 0.902. The van der Waals surface area contributed by atoms with Gasteiger partial charge in [0.1, 0.15) is 5.82 Å². The molecule has 2 heterocycles. The van der Waals surface area contributed by atoms with Crippen LogP contribution in [-0.4, -0.2) is 11.5 Å². The molecule has 2 aromatic rings. The molecule has 4 heteroatoms. The number of nitrogens with zero attached hydrogens (tertiary/aromatic N) is 1. The molecular formula is C11H11ClN2S. The van der Waals surface area contributed by atoms with Crippen molar-refractivity contribution in [2.24, 2.45) is 0 Å². The van der Waals surface area contributed by atoms with E-state index in [0.29, 0.717) is 0 Å². The maximum atomic E-state index is 5.89. The molecule has 0 amide bonds. The van der Waals surface area contributed by atoms with Crippen LogP contribution in [0.15, 0.2) is 30.3 Å². The van der Waals surface area contributed by atoms with E-state index >= 15 is 0 Å². The van der Waals surface area contributed by atoms with Gasteiger partial charge < -0.3 is 5.32 Å². The van der Waals surface area contributed by atoms with Crippen molar-refractivity contribution >= 4 is 28.8 Å². The molecule has 0 spiro atoms. The van der Waals surface area contributed by atoms with Crippen molar-refractivity contribution in [2.45, 2.75) is 6.92 Å². The van der Waals surface area contributed by atoms with Gasteiger partial charge in [0.2, 0.25) is 0 Å². The van der Waals surface area contributed by atoms with Crippen molar-refractivity contribution in [3.63, 3.8) is 0 Å². The largest absolute Gasteiger partial charge is 0.370 e. The highest BCUT2D eigenvalue weighted by Crippen LogP contribution is 2.30. The van der Waals surface area contributed by atoms with E-state index in [0.717, 1.165) is 27.3 Å². The van der Waals surface area contributed by atoms with Crippen LogP contribution in [0.5, 0.6) is 0 Å². The van der Waals surface area contributed by atoms with Gasteiger partial charge in [-0.2, -0.15) is 0 Å². The Balaban J connectivity index is 2.32. The first-order valence-electron chi connectivity index (χ1n) is 4.76. The molecule has 0 saturated carbocycles. The SMILES string of the molecule is CCNc1cccc(-c2ccc(Cl)s2)n1. The molecule has 0 atom stereocenters. The molecule has 0 bridgehead atoms. The fraction of sp³-hybridized carbons (Fsp3) is 0.182. The zero-order valence-corrected chi connectivity index (χ0v) is 9.90. The Labute approximate surface area is 97.9 Å². The van der Waals surface area contributed by atoms with Crippen molar-refractivity contribution < 1.29 is 0 Å². The van der Waals surface area contributed by atoms with Crippen LogP contribution in [0.2, 0.25) is 4.34 Å². The molecule has 0 fully saturated rings. The van der Waals surface area contributed by atoms with Crippen molar-refractivity contribution in [3.8, 4) is 10.6 Å². The van der Waals surface area contributed by atoms with Gasteiger partial charge in [-0.25, -0.2) is 4.98 Å². The topological polar surface area (TPSA) is 24.9 Å². The normalized spacial score (nSPS) is 10.3. The van der Waals surface area contributed by atoms with Gasteiger partial charge in [-0.15, -0.1) is 11.3 Å². The lowest BCUT2D eigenvalue weighted by Gasteiger charge is -2.03. The third-order valence-electron chi connectivity index (χ3n) is 1.93. The van der Waals surface area contributed by atoms with Crippen LogP contribution in [-0.2, 0) is 0 Å². The van der Waals surface area contributed by atoms with Gasteiger partial charge in [-0.05, 0) is 31.2 Å². The van der Waals surface area contributed by atoms with Crippen molar-refractivity contribution in [2.75, 3.05) is 11.9 Å². The van der Waals surface area contributed by atoms with Gasteiger partial charge in [-0.3, -0.25) is 0 Å². The molecule has 0 aliphatic rings. The number of aromatic nitrogens is 1. The van der Waals surface area contributed by atoms with E-state index in [-0.39, 0.29) is 0 Å². The van der Waals surface area contributed by atoms with Crippen LogP contribution in [0, 0.1) is 0 Å². The zero-order chi connectivity index (χ0) is 10.7. The zero-order valence-electron chi connectivity index (χ0n) is 8.33. The second-order valence-corrected chi connectivity index (χ2v) is 4.76. The fourth-order valence-electron chi connectivity index (χ4n) is 1.30. The molecule has 1 N–H and O–H groups in total. The number of halogens is 1. The second-order valence-electron chi connectivity index (χ2n) is 3.04. The quantitative estimate of drug-likeness (QED) is 0.878. The minimum absolute atomic E-state index is 0.792. The number of pyridine rings is 1. The van der Waals surface area contributed by atoms with Gasteiger partial charge in [0, 0.05) is 6.54 Å². The number of anilines is 1. The fourth-order valence-corrected chi connectivity index (χ4v) is 2.32. The van der Waals surface area contributed by atoms with Crippen LogP contribution >= 0.6 is 22.9 Å². The van der Waals surface area contributed by atoms with Gasteiger partial charge in [0.15, 0.2) is 0 Å². The van der Waals surface area contributed by atoms with E-state index in [1.807, 2.05) is 30.3 Å². The lowest BCUT2D eigenvalue weighted by atomic mass is 10.3. The summed E-state index contributed by atoms with van der Waals surface area (Å²) < 4.78 is 0.792. The Hall–Kier alpha value is -1.06. The predicted octanol–water partition coefficient (Wildman–Crippen LogP) is 3.90. The number of rotatable bonds is 3. The summed E-state index contributed by atoms with van der Waals surface area (Å²) in [7, 11) is 0. The highest BCUT2D eigenvalue weighted by molar-refractivity contribution is 7.19. The molecule has 2 aromatic heterocycles. The Bertz CT molecular complexity index is 453. The summed E-state index contributed by atoms with van der Waals surface area (Å²) in [5, 5.41) is 3.19. The average molecular weight is 239 g/mol. The highest BCUT2D eigenvalue weighted by Gasteiger charge is 2.03. The smallest absolute Gasteiger partial charge is 0.126 e. The molecule has 0 saturated heterocycles. The summed E-state index contributed by atoms with van der Waals surface area (Å²) in [4.78, 5) is 5.58. The van der Waals surface area contributed by atoms with Crippen LogP contribution in [0.1, 0.15) is 6.92 Å². The van der Waals surface area contributed by atoms with Crippen molar-refractivity contribution in [3.05, 3.63) is 34.7 Å². The highest BCUT2D eigenvalue weighted by atomic mass is 35.5. The van der Waals surface area contributed by atoms with Gasteiger partial charge in [-0.1, -0.05) is 17.7 Å². The Morgan fingerprint density at radius 1 is 1.33 bits per heavy atom. The third-order valence-corrected chi connectivity index (χ3v) is 3.19. The van der Waals surface area contributed by atoms with Crippen molar-refractivity contribution in [1.29, 1.82) is 0 Å². The molecule has 2 rings (SSSR count). The summed E-state index contributed by atoms with van der Waals surface area (Å²) >= 11 is 7.43. The minimum Gasteiger partial charge on any atom is -0.370 e. The maximum Gasteiger partial charge on any atom is 0.126 e. The Morgan fingerprint density at radius 3 is 2.87 bits per heavy atom. The Kier molecular flexibility index (Phi) is 3.23. The number of nitrogens with one attached hydrogen (secondary N) is 1. The van der Waals surface area contributed by atoms with Gasteiger partial charge in [0.05, 0.1) is 14.9 Å². The molecule has 0 unspecified atom stereocenters. The van der Waals surface area contributed by atoms with Crippen LogP contribution in [0.3, 0.4) is 0 Å². The van der Waals surface area contributed by atoms with E-state index < -0.39 is 0 Å². The van der Waals surface area contributed by atoms with Crippen LogP contribution < -0.4 is 5.32 Å². The summed E-state index contributed by atoms with van der Waals surface area (Å²) in [6.07, 6.45) is 0. The van der Waals surface area contributed by atoms with Gasteiger partial charge in [0.25, 0.3) is 0 Å². The molecular weight excluding hydrogens is 228 g/mol. The summed E-state index contributed by atoms with van der Waals surface area (Å²) in [6.45, 7) is 2.93. The van der Waals surface area contributed by atoms with E-state index in [4.69, 9.17) is 11.6 Å². The number of hydrogen-bond acceptors (Lipinski definition) is 3. The van der Waals surface area contributed by atoms with E-state index in [1.54, 1.807) is 11.3 Å². The monoisotopic (exact) mass is 238 g/mol. The molecule has 0 aromatic carbocycles. The third kappa shape index (κ3) is 2.49. The van der Waals surface area contributed by atoms with E-state index in [9.17, 15) is 0 Å². The summed E-state index contributed by atoms with van der Waals surface area (Å²) in [6, 6.07) is 9.83. The molecule has 2 nitrogen and oxygen atoms in total. The number of thiophene rings is 1. The Morgan fingerprint density at radius 2 is 2.20 bits per heavy atom. The molecule has 0 aliphatic heterocycles. The average Bonchev–Trinajstić information content (AvgIpc) is 2.66. The molecule has 78 valence electrons. The lowest BCUT2D eigenvalue weighted by Crippen LogP contribution is -1.98. The molecule has 0 radical (unpaired) electrons. The standard InChI is InChI=1S/C11H11ClN2S/c1-2-13-11-5-3-4-8(14-11)9-6-7-10(12)15-9/h3-7H,2H2,1H3,(H,13,14). The molecule has 0 aliphatic carbocycles. The van der Waals surface area contributed by atoms with E-state index in [2.05, 4.69) is 17.2 Å². The predicted molar refractivity (Wildman–Crippen MR) is 66.7 cm³/mol. The maximum absolute atomic E-state index is 5.89. The lowest BCUT2D eigenvalue weighted by molar-refractivity contribution is 1.16. The van der Waals surface area contributed by atoms with E-state index in [1.165, 1.54) is 0 Å². The first-order valence-corrected chi connectivity index (χ1v) is 5.95. The number of hydrogen-bond donors (Lipinski definition) is 1. The van der Waals surface area contributed by atoms with Crippen LogP contribution in [0.4, 0.5) is 5.82 Å². The summed E-state index contributed by atoms with van der Waals surface area (Å²) in [5.41, 5.74) is 0.963. The molecule has 15 heavy (non-hydrogen) atoms. The minimum atomic E-state index is 0.792.